The summed E-state index contributed by atoms with van der Waals surface area (Å²) in [6.07, 6.45) is 1.02. The Morgan fingerprint density at radius 2 is 1.67 bits per heavy atom. The quantitative estimate of drug-likeness (QED) is 0.512. The van der Waals surface area contributed by atoms with Crippen molar-refractivity contribution in [2.75, 3.05) is 0 Å². The van der Waals surface area contributed by atoms with Crippen molar-refractivity contribution in [3.8, 4) is 5.75 Å². The number of phenolic OH excluding ortho intramolecular Hbond substituents is 1. The van der Waals surface area contributed by atoms with Gasteiger partial charge in [-0.2, -0.15) is 0 Å². The maximum Gasteiger partial charge on any atom is 0.193 e. The average Bonchev–Trinajstić information content (AvgIpc) is 2.48. The Labute approximate surface area is 122 Å². The second-order valence-corrected chi connectivity index (χ2v) is 4.55. The van der Waals surface area contributed by atoms with E-state index in [0.29, 0.717) is 11.1 Å². The van der Waals surface area contributed by atoms with Crippen molar-refractivity contribution in [3.63, 3.8) is 0 Å². The van der Waals surface area contributed by atoms with Gasteiger partial charge >= 0.3 is 0 Å². The number of aliphatic hydroxyl groups is 1. The van der Waals surface area contributed by atoms with Gasteiger partial charge in [0.1, 0.15) is 11.5 Å². The van der Waals surface area contributed by atoms with E-state index in [1.54, 1.807) is 30.3 Å². The van der Waals surface area contributed by atoms with E-state index in [9.17, 15) is 19.8 Å². The van der Waals surface area contributed by atoms with E-state index in [0.717, 1.165) is 6.08 Å². The predicted molar refractivity (Wildman–Crippen MR) is 79.5 cm³/mol. The molecular weight excluding hydrogens is 268 g/mol. The lowest BCUT2D eigenvalue weighted by molar-refractivity contribution is 0.101. The van der Waals surface area contributed by atoms with Crippen LogP contribution in [0.15, 0.2) is 54.6 Å². The molecule has 2 aromatic carbocycles. The first-order valence-electron chi connectivity index (χ1n) is 6.33. The summed E-state index contributed by atoms with van der Waals surface area (Å²) in [4.78, 5) is 23.4. The summed E-state index contributed by atoms with van der Waals surface area (Å²) in [7, 11) is 0. The zero-order chi connectivity index (χ0) is 15.4. The second kappa shape index (κ2) is 6.05. The van der Waals surface area contributed by atoms with Gasteiger partial charge in [-0.1, -0.05) is 30.3 Å². The van der Waals surface area contributed by atoms with E-state index in [-0.39, 0.29) is 22.9 Å². The monoisotopic (exact) mass is 282 g/mol. The molecular formula is C17H14O4. The third kappa shape index (κ3) is 3.36. The van der Waals surface area contributed by atoms with Gasteiger partial charge in [0.15, 0.2) is 11.6 Å². The molecule has 21 heavy (non-hydrogen) atoms. The Morgan fingerprint density at radius 1 is 1.00 bits per heavy atom. The zero-order valence-electron chi connectivity index (χ0n) is 11.4. The lowest BCUT2D eigenvalue weighted by Crippen LogP contribution is -2.01. The standard InChI is InChI=1S/C17H14O4/c1-11(18)13-7-8-15(19)14(9-13)17(21)10-16(20)12-5-3-2-4-6-12/h2-10,19-20H,1H3/b16-10-. The third-order valence-electron chi connectivity index (χ3n) is 3.01. The van der Waals surface area contributed by atoms with Crippen LogP contribution in [0.1, 0.15) is 33.2 Å². The topological polar surface area (TPSA) is 74.6 Å². The fourth-order valence-corrected chi connectivity index (χ4v) is 1.85. The number of carbonyl (C=O) groups excluding carboxylic acids is 2. The van der Waals surface area contributed by atoms with Gasteiger partial charge in [-0.25, -0.2) is 0 Å². The fraction of sp³-hybridized carbons (Fsp3) is 0.0588. The summed E-state index contributed by atoms with van der Waals surface area (Å²) < 4.78 is 0. The summed E-state index contributed by atoms with van der Waals surface area (Å²) in [6.45, 7) is 1.37. The van der Waals surface area contributed by atoms with Crippen LogP contribution < -0.4 is 0 Å². The molecule has 0 bridgehead atoms. The lowest BCUT2D eigenvalue weighted by atomic mass is 10.0. The highest BCUT2D eigenvalue weighted by Gasteiger charge is 2.13. The molecule has 0 aliphatic heterocycles. The predicted octanol–water partition coefficient (Wildman–Crippen LogP) is 3.38. The van der Waals surface area contributed by atoms with E-state index in [4.69, 9.17) is 0 Å². The molecule has 4 nitrogen and oxygen atoms in total. The molecule has 2 N–H and O–H groups in total. The van der Waals surface area contributed by atoms with E-state index in [1.807, 2.05) is 0 Å². The van der Waals surface area contributed by atoms with E-state index in [2.05, 4.69) is 0 Å². The molecule has 0 saturated carbocycles. The third-order valence-corrected chi connectivity index (χ3v) is 3.01. The number of carbonyl (C=O) groups is 2. The molecule has 0 heterocycles. The average molecular weight is 282 g/mol. The van der Waals surface area contributed by atoms with Crippen molar-refractivity contribution in [2.45, 2.75) is 6.92 Å². The SMILES string of the molecule is CC(=O)c1ccc(O)c(C(=O)/C=C(\O)c2ccccc2)c1. The molecule has 0 saturated heterocycles. The van der Waals surface area contributed by atoms with Crippen LogP contribution in [0.25, 0.3) is 5.76 Å². The number of phenols is 1. The van der Waals surface area contributed by atoms with Crippen molar-refractivity contribution in [3.05, 3.63) is 71.3 Å². The minimum Gasteiger partial charge on any atom is -0.507 e. The number of Topliss-reactive ketones (excluding diaryl/α,β-unsaturated/α-hetero) is 1. The van der Waals surface area contributed by atoms with Gasteiger partial charge in [0.05, 0.1) is 5.56 Å². The van der Waals surface area contributed by atoms with Crippen LogP contribution in [0.5, 0.6) is 5.75 Å². The molecule has 2 aromatic rings. The zero-order valence-corrected chi connectivity index (χ0v) is 11.4. The molecule has 4 heteroatoms. The molecule has 0 atom stereocenters. The van der Waals surface area contributed by atoms with Crippen LogP contribution >= 0.6 is 0 Å². The van der Waals surface area contributed by atoms with Gasteiger partial charge in [-0.15, -0.1) is 0 Å². The minimum absolute atomic E-state index is 0.0230. The molecule has 0 aromatic heterocycles. The van der Waals surface area contributed by atoms with Gasteiger partial charge < -0.3 is 10.2 Å². The Hall–Kier alpha value is -2.88. The number of hydrogen-bond donors (Lipinski definition) is 2. The summed E-state index contributed by atoms with van der Waals surface area (Å²) in [5, 5.41) is 19.6. The first kappa shape index (κ1) is 14.5. The van der Waals surface area contributed by atoms with Crippen molar-refractivity contribution in [2.24, 2.45) is 0 Å². The van der Waals surface area contributed by atoms with Crippen molar-refractivity contribution in [1.82, 2.24) is 0 Å². The van der Waals surface area contributed by atoms with Crippen LogP contribution in [0.2, 0.25) is 0 Å². The molecule has 106 valence electrons. The Morgan fingerprint density at radius 3 is 2.29 bits per heavy atom. The van der Waals surface area contributed by atoms with E-state index in [1.165, 1.54) is 25.1 Å². The Kier molecular flexibility index (Phi) is 4.18. The normalized spacial score (nSPS) is 11.2. The summed E-state index contributed by atoms with van der Waals surface area (Å²) in [5.74, 6) is -1.22. The Bertz CT molecular complexity index is 715. The van der Waals surface area contributed by atoms with Crippen molar-refractivity contribution >= 4 is 17.3 Å². The van der Waals surface area contributed by atoms with Crippen LogP contribution in [0, 0.1) is 0 Å². The summed E-state index contributed by atoms with van der Waals surface area (Å²) >= 11 is 0. The molecule has 0 radical (unpaired) electrons. The lowest BCUT2D eigenvalue weighted by Gasteiger charge is -2.04. The minimum atomic E-state index is -0.572. The summed E-state index contributed by atoms with van der Waals surface area (Å²) in [5.41, 5.74) is 0.794. The van der Waals surface area contributed by atoms with Gasteiger partial charge in [-0.3, -0.25) is 9.59 Å². The van der Waals surface area contributed by atoms with Crippen molar-refractivity contribution in [1.29, 1.82) is 0 Å². The maximum absolute atomic E-state index is 12.1. The van der Waals surface area contributed by atoms with E-state index >= 15 is 0 Å². The number of benzene rings is 2. The number of rotatable bonds is 4. The highest BCUT2D eigenvalue weighted by molar-refractivity contribution is 6.10. The molecule has 0 spiro atoms. The van der Waals surface area contributed by atoms with Crippen LogP contribution in [-0.2, 0) is 0 Å². The largest absolute Gasteiger partial charge is 0.507 e. The smallest absolute Gasteiger partial charge is 0.193 e. The highest BCUT2D eigenvalue weighted by atomic mass is 16.3. The van der Waals surface area contributed by atoms with Gasteiger partial charge in [0.2, 0.25) is 0 Å². The van der Waals surface area contributed by atoms with Crippen LogP contribution in [0.4, 0.5) is 0 Å². The number of aliphatic hydroxyl groups excluding tert-OH is 1. The molecule has 0 amide bonds. The molecule has 2 rings (SSSR count). The number of allylic oxidation sites excluding steroid dienone is 1. The fourth-order valence-electron chi connectivity index (χ4n) is 1.85. The second-order valence-electron chi connectivity index (χ2n) is 4.55. The van der Waals surface area contributed by atoms with Crippen molar-refractivity contribution < 1.29 is 19.8 Å². The van der Waals surface area contributed by atoms with E-state index < -0.39 is 5.78 Å². The molecule has 0 aliphatic carbocycles. The molecule has 0 unspecified atom stereocenters. The molecule has 0 fully saturated rings. The van der Waals surface area contributed by atoms with Gasteiger partial charge in [0.25, 0.3) is 0 Å². The van der Waals surface area contributed by atoms with Gasteiger partial charge in [0, 0.05) is 17.2 Å². The first-order valence-corrected chi connectivity index (χ1v) is 6.33. The Balaban J connectivity index is 2.36. The maximum atomic E-state index is 12.1. The molecule has 0 aliphatic rings. The van der Waals surface area contributed by atoms with Crippen LogP contribution in [-0.4, -0.2) is 21.8 Å². The number of ketones is 2. The number of hydrogen-bond acceptors (Lipinski definition) is 4. The first-order chi connectivity index (χ1) is 9.99. The summed E-state index contributed by atoms with van der Waals surface area (Å²) in [6, 6.07) is 12.6. The van der Waals surface area contributed by atoms with Gasteiger partial charge in [-0.05, 0) is 25.1 Å². The highest BCUT2D eigenvalue weighted by Crippen LogP contribution is 2.21. The number of aromatic hydroxyl groups is 1. The van der Waals surface area contributed by atoms with Crippen LogP contribution in [0.3, 0.4) is 0 Å².